The SMILES string of the molecule is CC1(C)CN(C(=O)NCCS(=O)Cc2ccccc2)CCS1. The van der Waals surface area contributed by atoms with E-state index in [9.17, 15) is 9.00 Å². The van der Waals surface area contributed by atoms with E-state index in [0.29, 0.717) is 18.1 Å². The smallest absolute Gasteiger partial charge is 0.317 e. The van der Waals surface area contributed by atoms with Crippen LogP contribution in [0.4, 0.5) is 4.79 Å². The van der Waals surface area contributed by atoms with Gasteiger partial charge < -0.3 is 10.2 Å². The van der Waals surface area contributed by atoms with Gasteiger partial charge in [-0.25, -0.2) is 4.79 Å². The molecule has 1 N–H and O–H groups in total. The number of carbonyl (C=O) groups is 1. The van der Waals surface area contributed by atoms with Gasteiger partial charge in [-0.2, -0.15) is 11.8 Å². The first-order valence-electron chi connectivity index (χ1n) is 7.52. The third-order valence-electron chi connectivity index (χ3n) is 3.49. The van der Waals surface area contributed by atoms with Crippen LogP contribution in [0.1, 0.15) is 19.4 Å². The van der Waals surface area contributed by atoms with Crippen molar-refractivity contribution in [3.63, 3.8) is 0 Å². The molecule has 2 rings (SSSR count). The van der Waals surface area contributed by atoms with Crippen molar-refractivity contribution in [3.05, 3.63) is 35.9 Å². The number of nitrogens with one attached hydrogen (secondary N) is 1. The molecule has 0 saturated carbocycles. The predicted octanol–water partition coefficient (Wildman–Crippen LogP) is 2.47. The fourth-order valence-electron chi connectivity index (χ4n) is 2.41. The van der Waals surface area contributed by atoms with Crippen LogP contribution in [0.2, 0.25) is 0 Å². The second kappa shape index (κ2) is 8.02. The first kappa shape index (κ1) is 17.3. The van der Waals surface area contributed by atoms with Crippen LogP contribution in [0.5, 0.6) is 0 Å². The van der Waals surface area contributed by atoms with E-state index in [1.165, 1.54) is 0 Å². The van der Waals surface area contributed by atoms with Gasteiger partial charge in [0.2, 0.25) is 0 Å². The summed E-state index contributed by atoms with van der Waals surface area (Å²) in [5.41, 5.74) is 1.07. The molecule has 1 saturated heterocycles. The molecule has 1 aliphatic heterocycles. The summed E-state index contributed by atoms with van der Waals surface area (Å²) in [6.07, 6.45) is 0. The van der Waals surface area contributed by atoms with Gasteiger partial charge in [0.15, 0.2) is 0 Å². The molecule has 6 heteroatoms. The van der Waals surface area contributed by atoms with Crippen LogP contribution >= 0.6 is 11.8 Å². The van der Waals surface area contributed by atoms with Crippen LogP contribution in [-0.2, 0) is 16.6 Å². The minimum absolute atomic E-state index is 0.0370. The standard InChI is InChI=1S/C16H24N2O2S2/c1-16(2)13-18(9-10-21-16)15(19)17-8-11-22(20)12-14-6-4-3-5-7-14/h3-7H,8-13H2,1-2H3,(H,17,19). The molecule has 122 valence electrons. The molecule has 4 nitrogen and oxygen atoms in total. The Morgan fingerprint density at radius 3 is 2.77 bits per heavy atom. The van der Waals surface area contributed by atoms with E-state index in [0.717, 1.165) is 24.4 Å². The van der Waals surface area contributed by atoms with Gasteiger partial charge in [-0.05, 0) is 19.4 Å². The fourth-order valence-corrected chi connectivity index (χ4v) is 4.56. The van der Waals surface area contributed by atoms with Crippen LogP contribution in [0.25, 0.3) is 0 Å². The Labute approximate surface area is 139 Å². The van der Waals surface area contributed by atoms with Crippen LogP contribution < -0.4 is 5.32 Å². The number of urea groups is 1. The minimum Gasteiger partial charge on any atom is -0.337 e. The van der Waals surface area contributed by atoms with Gasteiger partial charge in [-0.1, -0.05) is 30.3 Å². The average molecular weight is 341 g/mol. The monoisotopic (exact) mass is 340 g/mol. The number of hydrogen-bond donors (Lipinski definition) is 1. The molecule has 1 heterocycles. The molecule has 0 aromatic heterocycles. The van der Waals surface area contributed by atoms with E-state index in [-0.39, 0.29) is 10.8 Å². The van der Waals surface area contributed by atoms with Gasteiger partial charge in [0.1, 0.15) is 0 Å². The molecule has 1 aliphatic rings. The molecule has 0 bridgehead atoms. The van der Waals surface area contributed by atoms with E-state index >= 15 is 0 Å². The Morgan fingerprint density at radius 2 is 2.09 bits per heavy atom. The summed E-state index contributed by atoms with van der Waals surface area (Å²) in [6.45, 7) is 6.32. The first-order valence-corrected chi connectivity index (χ1v) is 9.99. The Kier molecular flexibility index (Phi) is 6.32. The van der Waals surface area contributed by atoms with Crippen molar-refractivity contribution in [2.75, 3.05) is 31.1 Å². The number of benzene rings is 1. The summed E-state index contributed by atoms with van der Waals surface area (Å²) < 4.78 is 12.1. The molecular weight excluding hydrogens is 316 g/mol. The largest absolute Gasteiger partial charge is 0.337 e. The van der Waals surface area contributed by atoms with E-state index in [4.69, 9.17) is 0 Å². The molecule has 1 aromatic carbocycles. The van der Waals surface area contributed by atoms with Crippen LogP contribution in [-0.4, -0.2) is 51.0 Å². The van der Waals surface area contributed by atoms with Crippen molar-refractivity contribution in [2.24, 2.45) is 0 Å². The lowest BCUT2D eigenvalue weighted by molar-refractivity contribution is 0.195. The van der Waals surface area contributed by atoms with Gasteiger partial charge in [0.25, 0.3) is 0 Å². The Bertz CT molecular complexity index is 520. The zero-order valence-corrected chi connectivity index (χ0v) is 14.8. The maximum absolute atomic E-state index is 12.1. The van der Waals surface area contributed by atoms with E-state index < -0.39 is 10.8 Å². The molecule has 22 heavy (non-hydrogen) atoms. The second-order valence-electron chi connectivity index (χ2n) is 6.04. The zero-order chi connectivity index (χ0) is 16.0. The summed E-state index contributed by atoms with van der Waals surface area (Å²) >= 11 is 1.90. The maximum atomic E-state index is 12.1. The van der Waals surface area contributed by atoms with Gasteiger partial charge in [-0.3, -0.25) is 4.21 Å². The van der Waals surface area contributed by atoms with Crippen molar-refractivity contribution in [1.82, 2.24) is 10.2 Å². The lowest BCUT2D eigenvalue weighted by atomic mass is 10.2. The lowest BCUT2D eigenvalue weighted by Crippen LogP contribution is -2.50. The number of amides is 2. The lowest BCUT2D eigenvalue weighted by Gasteiger charge is -2.37. The molecular formula is C16H24N2O2S2. The molecule has 0 aliphatic carbocycles. The summed E-state index contributed by atoms with van der Waals surface area (Å²) in [4.78, 5) is 14.0. The molecule has 1 fully saturated rings. The summed E-state index contributed by atoms with van der Waals surface area (Å²) in [7, 11) is -0.945. The highest BCUT2D eigenvalue weighted by molar-refractivity contribution is 8.00. The van der Waals surface area contributed by atoms with Crippen LogP contribution in [0, 0.1) is 0 Å². The maximum Gasteiger partial charge on any atom is 0.317 e. The van der Waals surface area contributed by atoms with Crippen molar-refractivity contribution in [3.8, 4) is 0 Å². The zero-order valence-electron chi connectivity index (χ0n) is 13.2. The van der Waals surface area contributed by atoms with Crippen LogP contribution in [0.15, 0.2) is 30.3 Å². The topological polar surface area (TPSA) is 49.4 Å². The Balaban J connectivity index is 1.69. The third kappa shape index (κ3) is 5.65. The quantitative estimate of drug-likeness (QED) is 0.896. The summed E-state index contributed by atoms with van der Waals surface area (Å²) in [5, 5.41) is 2.89. The molecule has 2 amide bonds. The van der Waals surface area contributed by atoms with Gasteiger partial charge >= 0.3 is 6.03 Å². The van der Waals surface area contributed by atoms with E-state index in [1.54, 1.807) is 0 Å². The number of rotatable bonds is 5. The molecule has 0 spiro atoms. The van der Waals surface area contributed by atoms with Gasteiger partial charge in [-0.15, -0.1) is 0 Å². The number of nitrogens with zero attached hydrogens (tertiary/aromatic N) is 1. The first-order chi connectivity index (χ1) is 10.5. The van der Waals surface area contributed by atoms with Crippen molar-refractivity contribution < 1.29 is 9.00 Å². The molecule has 1 aromatic rings. The van der Waals surface area contributed by atoms with Crippen LogP contribution in [0.3, 0.4) is 0 Å². The predicted molar refractivity (Wildman–Crippen MR) is 94.7 cm³/mol. The van der Waals surface area contributed by atoms with E-state index in [1.807, 2.05) is 47.0 Å². The van der Waals surface area contributed by atoms with Crippen molar-refractivity contribution >= 4 is 28.6 Å². The summed E-state index contributed by atoms with van der Waals surface area (Å²) in [5.74, 6) is 2.01. The highest BCUT2D eigenvalue weighted by Crippen LogP contribution is 2.29. The minimum atomic E-state index is -0.945. The number of hydrogen-bond acceptors (Lipinski definition) is 3. The van der Waals surface area contributed by atoms with Crippen molar-refractivity contribution in [2.45, 2.75) is 24.3 Å². The highest BCUT2D eigenvalue weighted by atomic mass is 32.2. The normalized spacial score (nSPS) is 18.7. The Morgan fingerprint density at radius 1 is 1.36 bits per heavy atom. The number of thioether (sulfide) groups is 1. The second-order valence-corrected chi connectivity index (χ2v) is 9.41. The third-order valence-corrected chi connectivity index (χ3v) is 6.10. The van der Waals surface area contributed by atoms with E-state index in [2.05, 4.69) is 19.2 Å². The number of carbonyl (C=O) groups excluding carboxylic acids is 1. The van der Waals surface area contributed by atoms with Gasteiger partial charge in [0.05, 0.1) is 0 Å². The Hall–Kier alpha value is -1.01. The highest BCUT2D eigenvalue weighted by Gasteiger charge is 2.29. The fraction of sp³-hybridized carbons (Fsp3) is 0.562. The van der Waals surface area contributed by atoms with Crippen molar-refractivity contribution in [1.29, 1.82) is 0 Å². The summed E-state index contributed by atoms with van der Waals surface area (Å²) in [6, 6.07) is 9.76. The molecule has 0 radical (unpaired) electrons. The molecule has 1 unspecified atom stereocenters. The molecule has 1 atom stereocenters. The van der Waals surface area contributed by atoms with Gasteiger partial charge in [0, 0.05) is 52.4 Å². The average Bonchev–Trinajstić information content (AvgIpc) is 2.47.